The molecule has 2 N–H and O–H groups in total. The van der Waals surface area contributed by atoms with Crippen molar-refractivity contribution in [1.29, 1.82) is 0 Å². The van der Waals surface area contributed by atoms with Crippen molar-refractivity contribution in [3.8, 4) is 12.3 Å². The van der Waals surface area contributed by atoms with Crippen LogP contribution >= 0.6 is 0 Å². The van der Waals surface area contributed by atoms with Gasteiger partial charge < -0.3 is 10.6 Å². The molecule has 1 aliphatic heterocycles. The molecular formula is C15H18N2O. The molecule has 1 aromatic rings. The molecule has 0 radical (unpaired) electrons. The molecule has 2 unspecified atom stereocenters. The van der Waals surface area contributed by atoms with Gasteiger partial charge in [-0.05, 0) is 17.5 Å². The number of hydrogen-bond acceptors (Lipinski definition) is 2. The minimum absolute atomic E-state index is 0.0134. The summed E-state index contributed by atoms with van der Waals surface area (Å²) in [5, 5.41) is 6.18. The van der Waals surface area contributed by atoms with E-state index in [-0.39, 0.29) is 17.9 Å². The van der Waals surface area contributed by atoms with Crippen molar-refractivity contribution < 1.29 is 4.79 Å². The van der Waals surface area contributed by atoms with Gasteiger partial charge in [-0.1, -0.05) is 37.1 Å². The zero-order chi connectivity index (χ0) is 13.0. The molecule has 0 saturated carbocycles. The molecule has 0 aromatic heterocycles. The van der Waals surface area contributed by atoms with Gasteiger partial charge in [0.25, 0.3) is 0 Å². The fourth-order valence-corrected chi connectivity index (χ4v) is 2.26. The first-order chi connectivity index (χ1) is 8.76. The summed E-state index contributed by atoms with van der Waals surface area (Å²) in [5.41, 5.74) is 2.30. The van der Waals surface area contributed by atoms with Crippen LogP contribution in [0.15, 0.2) is 24.3 Å². The predicted molar refractivity (Wildman–Crippen MR) is 71.9 cm³/mol. The topological polar surface area (TPSA) is 41.1 Å². The van der Waals surface area contributed by atoms with E-state index in [0.717, 1.165) is 18.5 Å². The lowest BCUT2D eigenvalue weighted by molar-refractivity contribution is -0.123. The minimum atomic E-state index is -0.174. The van der Waals surface area contributed by atoms with Gasteiger partial charge in [0.1, 0.15) is 0 Å². The average molecular weight is 242 g/mol. The minimum Gasteiger partial charge on any atom is -0.342 e. The van der Waals surface area contributed by atoms with Crippen LogP contribution in [0.5, 0.6) is 0 Å². The van der Waals surface area contributed by atoms with E-state index in [1.807, 2.05) is 25.1 Å². The molecule has 0 saturated heterocycles. The van der Waals surface area contributed by atoms with Gasteiger partial charge in [-0.3, -0.25) is 4.79 Å². The van der Waals surface area contributed by atoms with Crippen molar-refractivity contribution in [1.82, 2.24) is 10.6 Å². The van der Waals surface area contributed by atoms with Gasteiger partial charge in [-0.2, -0.15) is 0 Å². The van der Waals surface area contributed by atoms with E-state index in [2.05, 4.69) is 22.6 Å². The molecule has 3 nitrogen and oxygen atoms in total. The van der Waals surface area contributed by atoms with Crippen molar-refractivity contribution in [2.75, 3.05) is 6.54 Å². The number of fused-ring (bicyclic) bond motifs is 1. The van der Waals surface area contributed by atoms with E-state index in [1.54, 1.807) is 0 Å². The number of carbonyl (C=O) groups is 1. The first kappa shape index (κ1) is 12.7. The van der Waals surface area contributed by atoms with Crippen molar-refractivity contribution in [2.24, 2.45) is 0 Å². The van der Waals surface area contributed by atoms with Crippen LogP contribution in [0.1, 0.15) is 30.4 Å². The summed E-state index contributed by atoms with van der Waals surface area (Å²) < 4.78 is 0. The molecule has 18 heavy (non-hydrogen) atoms. The molecular weight excluding hydrogens is 224 g/mol. The van der Waals surface area contributed by atoms with Crippen LogP contribution in [-0.2, 0) is 11.3 Å². The number of nitrogens with one attached hydrogen (secondary N) is 2. The van der Waals surface area contributed by atoms with Gasteiger partial charge in [0, 0.05) is 13.1 Å². The maximum atomic E-state index is 12.2. The second-order valence-corrected chi connectivity index (χ2v) is 4.52. The lowest BCUT2D eigenvalue weighted by atomic mass is 9.90. The van der Waals surface area contributed by atoms with Crippen molar-refractivity contribution >= 4 is 5.91 Å². The van der Waals surface area contributed by atoms with Gasteiger partial charge in [0.2, 0.25) is 5.91 Å². The van der Waals surface area contributed by atoms with Crippen LogP contribution in [0, 0.1) is 12.3 Å². The molecule has 3 heteroatoms. The summed E-state index contributed by atoms with van der Waals surface area (Å²) >= 11 is 0. The third kappa shape index (κ3) is 2.55. The second kappa shape index (κ2) is 5.70. The van der Waals surface area contributed by atoms with E-state index >= 15 is 0 Å². The zero-order valence-electron chi connectivity index (χ0n) is 10.6. The van der Waals surface area contributed by atoms with E-state index in [4.69, 9.17) is 6.42 Å². The highest BCUT2D eigenvalue weighted by Crippen LogP contribution is 2.23. The number of rotatable bonds is 3. The molecule has 94 valence electrons. The summed E-state index contributed by atoms with van der Waals surface area (Å²) in [6.07, 6.45) is 6.13. The SMILES string of the molecule is C#CC(CC)NC(=O)C1CNCc2ccccc21. The Hall–Kier alpha value is -1.79. The van der Waals surface area contributed by atoms with E-state index in [0.29, 0.717) is 6.54 Å². The van der Waals surface area contributed by atoms with Crippen LogP contribution in [0.3, 0.4) is 0 Å². The Morgan fingerprint density at radius 1 is 1.61 bits per heavy atom. The Bertz CT molecular complexity index is 476. The van der Waals surface area contributed by atoms with Crippen LogP contribution in [-0.4, -0.2) is 18.5 Å². The normalized spacial score (nSPS) is 19.4. The molecule has 0 aliphatic carbocycles. The smallest absolute Gasteiger partial charge is 0.229 e. The Labute approximate surface area is 108 Å². The summed E-state index contributed by atoms with van der Waals surface area (Å²) in [5.74, 6) is 2.47. The molecule has 1 amide bonds. The van der Waals surface area contributed by atoms with E-state index in [9.17, 15) is 4.79 Å². The fraction of sp³-hybridized carbons (Fsp3) is 0.400. The van der Waals surface area contributed by atoms with Gasteiger partial charge >= 0.3 is 0 Å². The number of benzene rings is 1. The number of terminal acetylenes is 1. The van der Waals surface area contributed by atoms with Crippen LogP contribution in [0.2, 0.25) is 0 Å². The van der Waals surface area contributed by atoms with Crippen molar-refractivity contribution in [3.63, 3.8) is 0 Å². The standard InChI is InChI=1S/C15H18N2O/c1-3-12(4-2)17-15(18)14-10-16-9-11-7-5-6-8-13(11)14/h1,5-8,12,14,16H,4,9-10H2,2H3,(H,17,18). The largest absolute Gasteiger partial charge is 0.342 e. The monoisotopic (exact) mass is 242 g/mol. The maximum absolute atomic E-state index is 12.2. The van der Waals surface area contributed by atoms with Gasteiger partial charge in [0.15, 0.2) is 0 Å². The molecule has 1 heterocycles. The number of amides is 1. The van der Waals surface area contributed by atoms with E-state index in [1.165, 1.54) is 5.56 Å². The number of carbonyl (C=O) groups excluding carboxylic acids is 1. The van der Waals surface area contributed by atoms with Crippen molar-refractivity contribution in [3.05, 3.63) is 35.4 Å². The van der Waals surface area contributed by atoms with Gasteiger partial charge in [-0.25, -0.2) is 0 Å². The highest BCUT2D eigenvalue weighted by Gasteiger charge is 2.26. The molecule has 2 rings (SSSR count). The Morgan fingerprint density at radius 3 is 3.11 bits per heavy atom. The molecule has 0 spiro atoms. The van der Waals surface area contributed by atoms with Crippen LogP contribution in [0.25, 0.3) is 0 Å². The Kier molecular flexibility index (Phi) is 4.01. The first-order valence-corrected chi connectivity index (χ1v) is 6.31. The summed E-state index contributed by atoms with van der Waals surface area (Å²) in [4.78, 5) is 12.2. The first-order valence-electron chi connectivity index (χ1n) is 6.31. The molecule has 1 aromatic carbocycles. The lowest BCUT2D eigenvalue weighted by Gasteiger charge is -2.26. The van der Waals surface area contributed by atoms with Crippen LogP contribution in [0.4, 0.5) is 0 Å². The molecule has 2 atom stereocenters. The lowest BCUT2D eigenvalue weighted by Crippen LogP contribution is -2.42. The average Bonchev–Trinajstić information content (AvgIpc) is 2.43. The Balaban J connectivity index is 2.15. The molecule has 0 bridgehead atoms. The fourth-order valence-electron chi connectivity index (χ4n) is 2.26. The zero-order valence-corrected chi connectivity index (χ0v) is 10.6. The summed E-state index contributed by atoms with van der Waals surface area (Å²) in [6, 6.07) is 7.88. The van der Waals surface area contributed by atoms with E-state index < -0.39 is 0 Å². The highest BCUT2D eigenvalue weighted by molar-refractivity contribution is 5.85. The third-order valence-corrected chi connectivity index (χ3v) is 3.34. The van der Waals surface area contributed by atoms with Crippen LogP contribution < -0.4 is 10.6 Å². The quantitative estimate of drug-likeness (QED) is 0.787. The number of hydrogen-bond donors (Lipinski definition) is 2. The Morgan fingerprint density at radius 2 is 2.39 bits per heavy atom. The highest BCUT2D eigenvalue weighted by atomic mass is 16.2. The summed E-state index contributed by atoms with van der Waals surface area (Å²) in [6.45, 7) is 3.47. The molecule has 1 aliphatic rings. The van der Waals surface area contributed by atoms with Gasteiger partial charge in [0.05, 0.1) is 12.0 Å². The predicted octanol–water partition coefficient (Wildman–Crippen LogP) is 1.40. The van der Waals surface area contributed by atoms with Gasteiger partial charge in [-0.15, -0.1) is 6.42 Å². The molecule has 0 fully saturated rings. The maximum Gasteiger partial charge on any atom is 0.229 e. The third-order valence-electron chi connectivity index (χ3n) is 3.34. The second-order valence-electron chi connectivity index (χ2n) is 4.52. The summed E-state index contributed by atoms with van der Waals surface area (Å²) in [7, 11) is 0. The van der Waals surface area contributed by atoms with Crippen molar-refractivity contribution in [2.45, 2.75) is 31.8 Å².